The van der Waals surface area contributed by atoms with E-state index >= 15 is 0 Å². The zero-order valence-electron chi connectivity index (χ0n) is 13.5. The van der Waals surface area contributed by atoms with Gasteiger partial charge < -0.3 is 9.84 Å². The minimum Gasteiger partial charge on any atom is -0.363 e. The quantitative estimate of drug-likeness (QED) is 0.574. The predicted octanol–water partition coefficient (Wildman–Crippen LogP) is 4.43. The van der Waals surface area contributed by atoms with Gasteiger partial charge in [-0.3, -0.25) is 0 Å². The minimum absolute atomic E-state index is 0.0779. The number of aromatic nitrogens is 4. The molecule has 0 spiro atoms. The van der Waals surface area contributed by atoms with Crippen molar-refractivity contribution in [3.05, 3.63) is 65.2 Å². The number of nitrogens with one attached hydrogen (secondary N) is 1. The number of benzene rings is 1. The molecule has 0 saturated carbocycles. The van der Waals surface area contributed by atoms with Gasteiger partial charge in [-0.2, -0.15) is 16.3 Å². The summed E-state index contributed by atoms with van der Waals surface area (Å²) in [7, 11) is 0. The van der Waals surface area contributed by atoms with Crippen LogP contribution in [0.2, 0.25) is 0 Å². The first-order valence-corrected chi connectivity index (χ1v) is 8.73. The lowest BCUT2D eigenvalue weighted by Gasteiger charge is -2.16. The lowest BCUT2D eigenvalue weighted by Crippen LogP contribution is -2.09. The van der Waals surface area contributed by atoms with Crippen LogP contribution in [0.4, 0.5) is 5.82 Å². The van der Waals surface area contributed by atoms with Gasteiger partial charge in [-0.25, -0.2) is 9.97 Å². The van der Waals surface area contributed by atoms with E-state index in [9.17, 15) is 0 Å². The highest BCUT2D eigenvalue weighted by Gasteiger charge is 2.17. The smallest absolute Gasteiger partial charge is 0.263 e. The third-order valence-electron chi connectivity index (χ3n) is 3.80. The molecule has 0 fully saturated rings. The van der Waals surface area contributed by atoms with Gasteiger partial charge in [0.2, 0.25) is 5.82 Å². The van der Waals surface area contributed by atoms with E-state index < -0.39 is 0 Å². The van der Waals surface area contributed by atoms with Crippen LogP contribution < -0.4 is 5.32 Å². The second-order valence-corrected chi connectivity index (χ2v) is 6.28. The molecule has 3 aromatic heterocycles. The molecule has 0 saturated heterocycles. The molecule has 1 atom stereocenters. The molecule has 1 N–H and O–H groups in total. The summed E-state index contributed by atoms with van der Waals surface area (Å²) < 4.78 is 5.43. The first-order chi connectivity index (χ1) is 12.3. The Morgan fingerprint density at radius 3 is 2.84 bits per heavy atom. The SMILES string of the molecule is CC(Nc1ncncc1-c1nc(-c2ccsc2)no1)c1ccccc1. The molecule has 4 aromatic rings. The third kappa shape index (κ3) is 3.27. The lowest BCUT2D eigenvalue weighted by atomic mass is 10.1. The first kappa shape index (κ1) is 15.5. The average molecular weight is 349 g/mol. The van der Waals surface area contributed by atoms with E-state index in [2.05, 4.69) is 44.5 Å². The molecular formula is C18H15N5OS. The fourth-order valence-electron chi connectivity index (χ4n) is 2.47. The van der Waals surface area contributed by atoms with E-state index in [4.69, 9.17) is 4.52 Å². The van der Waals surface area contributed by atoms with Crippen LogP contribution in [-0.2, 0) is 0 Å². The van der Waals surface area contributed by atoms with Gasteiger partial charge in [-0.1, -0.05) is 35.5 Å². The van der Waals surface area contributed by atoms with Gasteiger partial charge in [-0.15, -0.1) is 0 Å². The van der Waals surface area contributed by atoms with Gasteiger partial charge in [0.1, 0.15) is 17.7 Å². The van der Waals surface area contributed by atoms with E-state index in [1.807, 2.05) is 35.0 Å². The highest BCUT2D eigenvalue weighted by molar-refractivity contribution is 7.08. The molecule has 0 aliphatic carbocycles. The molecule has 0 radical (unpaired) electrons. The molecule has 0 amide bonds. The largest absolute Gasteiger partial charge is 0.363 e. The van der Waals surface area contributed by atoms with Crippen molar-refractivity contribution < 1.29 is 4.52 Å². The Kier molecular flexibility index (Phi) is 4.22. The Bertz CT molecular complexity index is 953. The number of nitrogens with zero attached hydrogens (tertiary/aromatic N) is 4. The summed E-state index contributed by atoms with van der Waals surface area (Å²) in [6.07, 6.45) is 3.18. The van der Waals surface area contributed by atoms with Gasteiger partial charge in [-0.05, 0) is 23.9 Å². The van der Waals surface area contributed by atoms with E-state index in [1.165, 1.54) is 6.33 Å². The van der Waals surface area contributed by atoms with E-state index in [1.54, 1.807) is 17.5 Å². The Hall–Kier alpha value is -3.06. The zero-order chi connectivity index (χ0) is 17.1. The molecule has 7 heteroatoms. The van der Waals surface area contributed by atoms with Gasteiger partial charge in [0.15, 0.2) is 0 Å². The molecular weight excluding hydrogens is 334 g/mol. The van der Waals surface area contributed by atoms with Gasteiger partial charge in [0.05, 0.1) is 0 Å². The van der Waals surface area contributed by atoms with Crippen LogP contribution in [0.25, 0.3) is 22.8 Å². The van der Waals surface area contributed by atoms with E-state index in [0.717, 1.165) is 11.1 Å². The van der Waals surface area contributed by atoms with Crippen molar-refractivity contribution in [2.45, 2.75) is 13.0 Å². The monoisotopic (exact) mass is 349 g/mol. The van der Waals surface area contributed by atoms with E-state index in [-0.39, 0.29) is 6.04 Å². The van der Waals surface area contributed by atoms with Crippen molar-refractivity contribution >= 4 is 17.2 Å². The van der Waals surface area contributed by atoms with Crippen molar-refractivity contribution in [2.24, 2.45) is 0 Å². The highest BCUT2D eigenvalue weighted by atomic mass is 32.1. The van der Waals surface area contributed by atoms with Crippen molar-refractivity contribution in [1.82, 2.24) is 20.1 Å². The summed E-state index contributed by atoms with van der Waals surface area (Å²) in [5.74, 6) is 1.61. The standard InChI is InChI=1S/C18H15N5OS/c1-12(13-5-3-2-4-6-13)21-17-15(9-19-11-20-17)18-22-16(23-24-18)14-7-8-25-10-14/h2-12H,1H3,(H,19,20,21). The number of anilines is 1. The molecule has 0 aliphatic rings. The normalized spacial score (nSPS) is 12.0. The van der Waals surface area contributed by atoms with Crippen LogP contribution in [0.1, 0.15) is 18.5 Å². The Morgan fingerprint density at radius 1 is 1.16 bits per heavy atom. The average Bonchev–Trinajstić information content (AvgIpc) is 3.34. The molecule has 1 unspecified atom stereocenters. The maximum absolute atomic E-state index is 5.43. The molecule has 6 nitrogen and oxygen atoms in total. The molecule has 4 rings (SSSR count). The Morgan fingerprint density at radius 2 is 2.04 bits per heavy atom. The van der Waals surface area contributed by atoms with Crippen LogP contribution in [0.15, 0.2) is 64.2 Å². The topological polar surface area (TPSA) is 76.7 Å². The number of hydrogen-bond donors (Lipinski definition) is 1. The molecule has 25 heavy (non-hydrogen) atoms. The zero-order valence-corrected chi connectivity index (χ0v) is 14.3. The maximum Gasteiger partial charge on any atom is 0.263 e. The predicted molar refractivity (Wildman–Crippen MR) is 97.1 cm³/mol. The summed E-state index contributed by atoms with van der Waals surface area (Å²) in [5.41, 5.74) is 2.78. The van der Waals surface area contributed by atoms with Crippen molar-refractivity contribution in [1.29, 1.82) is 0 Å². The lowest BCUT2D eigenvalue weighted by molar-refractivity contribution is 0.432. The van der Waals surface area contributed by atoms with Crippen LogP contribution >= 0.6 is 11.3 Å². The van der Waals surface area contributed by atoms with Gasteiger partial charge >= 0.3 is 0 Å². The molecule has 1 aromatic carbocycles. The van der Waals surface area contributed by atoms with Crippen molar-refractivity contribution in [2.75, 3.05) is 5.32 Å². The second-order valence-electron chi connectivity index (χ2n) is 5.50. The minimum atomic E-state index is 0.0779. The first-order valence-electron chi connectivity index (χ1n) is 7.79. The van der Waals surface area contributed by atoms with Gasteiger partial charge in [0.25, 0.3) is 5.89 Å². The van der Waals surface area contributed by atoms with Crippen LogP contribution in [0, 0.1) is 0 Å². The summed E-state index contributed by atoms with van der Waals surface area (Å²) in [4.78, 5) is 12.9. The summed E-state index contributed by atoms with van der Waals surface area (Å²) in [6, 6.07) is 12.2. The van der Waals surface area contributed by atoms with Crippen LogP contribution in [0.5, 0.6) is 0 Å². The summed E-state index contributed by atoms with van der Waals surface area (Å²) in [6.45, 7) is 2.08. The third-order valence-corrected chi connectivity index (χ3v) is 4.48. The Labute approximate surface area is 148 Å². The van der Waals surface area contributed by atoms with E-state index in [0.29, 0.717) is 23.1 Å². The van der Waals surface area contributed by atoms with Gasteiger partial charge in [0, 0.05) is 23.2 Å². The fraction of sp³-hybridized carbons (Fsp3) is 0.111. The van der Waals surface area contributed by atoms with Crippen molar-refractivity contribution in [3.8, 4) is 22.8 Å². The van der Waals surface area contributed by atoms with Crippen molar-refractivity contribution in [3.63, 3.8) is 0 Å². The highest BCUT2D eigenvalue weighted by Crippen LogP contribution is 2.29. The molecule has 124 valence electrons. The number of rotatable bonds is 5. The number of thiophene rings is 1. The Balaban J connectivity index is 1.63. The molecule has 0 aliphatic heterocycles. The second kappa shape index (κ2) is 6.82. The fourth-order valence-corrected chi connectivity index (χ4v) is 3.11. The molecule has 3 heterocycles. The molecule has 0 bridgehead atoms. The van der Waals surface area contributed by atoms with Crippen LogP contribution in [0.3, 0.4) is 0 Å². The summed E-state index contributed by atoms with van der Waals surface area (Å²) >= 11 is 1.59. The summed E-state index contributed by atoms with van der Waals surface area (Å²) in [5, 5.41) is 11.4. The maximum atomic E-state index is 5.43. The van der Waals surface area contributed by atoms with Crippen LogP contribution in [-0.4, -0.2) is 20.1 Å². The number of hydrogen-bond acceptors (Lipinski definition) is 7.